The lowest BCUT2D eigenvalue weighted by atomic mass is 9.95. The van der Waals surface area contributed by atoms with Gasteiger partial charge in [0.1, 0.15) is 0 Å². The summed E-state index contributed by atoms with van der Waals surface area (Å²) in [4.78, 5) is 11.3. The van der Waals surface area contributed by atoms with Crippen molar-refractivity contribution in [3.8, 4) is 0 Å². The van der Waals surface area contributed by atoms with Crippen molar-refractivity contribution in [2.75, 3.05) is 26.3 Å². The first-order chi connectivity index (χ1) is 13.8. The largest absolute Gasteiger partial charge is 0.462 e. The van der Waals surface area contributed by atoms with Crippen molar-refractivity contribution in [1.82, 2.24) is 4.31 Å². The van der Waals surface area contributed by atoms with E-state index in [2.05, 4.69) is 6.58 Å². The summed E-state index contributed by atoms with van der Waals surface area (Å²) in [6.07, 6.45) is -0.256. The van der Waals surface area contributed by atoms with Gasteiger partial charge in [0.25, 0.3) is 10.0 Å². The first kappa shape index (κ1) is 27.6. The van der Waals surface area contributed by atoms with E-state index in [1.807, 2.05) is 0 Å². The van der Waals surface area contributed by atoms with E-state index < -0.39 is 68.2 Å². The molecule has 0 aromatic rings. The molecule has 0 saturated carbocycles. The van der Waals surface area contributed by atoms with E-state index in [1.54, 1.807) is 0 Å². The third-order valence-electron chi connectivity index (χ3n) is 4.53. The standard InChI is InChI=1S/C14H19F6NO8S2/c1-9(8-22)11(23)29-7-4-10-2-5-21(6-3-10)30(24,25)13(17,18)12(15,16)14(19,20)31(26,27)28/h10,22H,1-8H2,(H,26,27,28). The number of halogens is 6. The molecule has 1 aliphatic heterocycles. The number of carbonyl (C=O) groups is 1. The molecule has 2 N–H and O–H groups in total. The molecular weight excluding hydrogens is 488 g/mol. The Morgan fingerprint density at radius 1 is 1.03 bits per heavy atom. The van der Waals surface area contributed by atoms with E-state index in [9.17, 15) is 48.0 Å². The monoisotopic (exact) mass is 507 g/mol. The first-order valence-electron chi connectivity index (χ1n) is 8.40. The molecule has 31 heavy (non-hydrogen) atoms. The number of sulfonamides is 1. The van der Waals surface area contributed by atoms with Crippen molar-refractivity contribution in [3.63, 3.8) is 0 Å². The summed E-state index contributed by atoms with van der Waals surface area (Å²) in [6.45, 7) is 0.793. The summed E-state index contributed by atoms with van der Waals surface area (Å²) < 4.78 is 139. The zero-order chi connectivity index (χ0) is 24.5. The summed E-state index contributed by atoms with van der Waals surface area (Å²) in [6, 6.07) is 0. The quantitative estimate of drug-likeness (QED) is 0.195. The maximum absolute atomic E-state index is 14.0. The van der Waals surface area contributed by atoms with Gasteiger partial charge >= 0.3 is 32.5 Å². The molecule has 0 amide bonds. The van der Waals surface area contributed by atoms with E-state index in [0.29, 0.717) is 0 Å². The Kier molecular flexibility index (Phi) is 8.20. The van der Waals surface area contributed by atoms with Crippen LogP contribution in [0.2, 0.25) is 0 Å². The molecule has 9 nitrogen and oxygen atoms in total. The number of hydrogen-bond acceptors (Lipinski definition) is 7. The normalized spacial score (nSPS) is 18.1. The Hall–Kier alpha value is -1.43. The second-order valence-corrected chi connectivity index (χ2v) is 10.1. The van der Waals surface area contributed by atoms with Crippen molar-refractivity contribution in [3.05, 3.63) is 12.2 Å². The Balaban J connectivity index is 2.86. The molecule has 0 bridgehead atoms. The highest BCUT2D eigenvalue weighted by molar-refractivity contribution is 7.90. The molecule has 1 saturated heterocycles. The molecule has 0 aromatic heterocycles. The van der Waals surface area contributed by atoms with Gasteiger partial charge in [-0.1, -0.05) is 6.58 Å². The lowest BCUT2D eigenvalue weighted by Gasteiger charge is -2.36. The van der Waals surface area contributed by atoms with Gasteiger partial charge in [0.15, 0.2) is 0 Å². The molecule has 0 radical (unpaired) electrons. The highest BCUT2D eigenvalue weighted by atomic mass is 32.2. The minimum absolute atomic E-state index is 0.117. The highest BCUT2D eigenvalue weighted by Gasteiger charge is 2.82. The lowest BCUT2D eigenvalue weighted by molar-refractivity contribution is -0.247. The molecule has 17 heteroatoms. The molecule has 0 atom stereocenters. The van der Waals surface area contributed by atoms with E-state index in [1.165, 1.54) is 0 Å². The van der Waals surface area contributed by atoms with Gasteiger partial charge in [-0.2, -0.15) is 39.1 Å². The number of esters is 1. The summed E-state index contributed by atoms with van der Waals surface area (Å²) in [5, 5.41) is -4.64. The summed E-state index contributed by atoms with van der Waals surface area (Å²) in [5.74, 6) is -8.29. The molecule has 1 rings (SSSR count). The van der Waals surface area contributed by atoms with Gasteiger partial charge in [-0.05, 0) is 25.2 Å². The van der Waals surface area contributed by atoms with Crippen LogP contribution < -0.4 is 0 Å². The molecule has 0 aliphatic carbocycles. The number of nitrogens with zero attached hydrogens (tertiary/aromatic N) is 1. The van der Waals surface area contributed by atoms with Crippen LogP contribution in [-0.2, 0) is 29.7 Å². The molecule has 0 aromatic carbocycles. The molecule has 1 fully saturated rings. The van der Waals surface area contributed by atoms with Crippen LogP contribution in [0.5, 0.6) is 0 Å². The van der Waals surface area contributed by atoms with Gasteiger partial charge in [0.2, 0.25) is 0 Å². The van der Waals surface area contributed by atoms with Crippen molar-refractivity contribution in [2.24, 2.45) is 5.92 Å². The molecule has 0 unspecified atom stereocenters. The number of rotatable bonds is 10. The zero-order valence-electron chi connectivity index (χ0n) is 15.6. The van der Waals surface area contributed by atoms with Crippen molar-refractivity contribution < 1.29 is 62.4 Å². The van der Waals surface area contributed by atoms with Crippen LogP contribution in [0.1, 0.15) is 19.3 Å². The summed E-state index contributed by atoms with van der Waals surface area (Å²) >= 11 is 0. The summed E-state index contributed by atoms with van der Waals surface area (Å²) in [5.41, 5.74) is -0.231. The van der Waals surface area contributed by atoms with E-state index in [-0.39, 0.29) is 35.7 Å². The van der Waals surface area contributed by atoms with Gasteiger partial charge in [-0.25, -0.2) is 13.2 Å². The molecule has 1 heterocycles. The smallest absolute Gasteiger partial charge is 0.439 e. The Labute approximate surface area is 173 Å². The zero-order valence-corrected chi connectivity index (χ0v) is 17.2. The van der Waals surface area contributed by atoms with E-state index in [4.69, 9.17) is 14.4 Å². The van der Waals surface area contributed by atoms with Crippen molar-refractivity contribution in [2.45, 2.75) is 35.7 Å². The van der Waals surface area contributed by atoms with Crippen LogP contribution in [0.15, 0.2) is 12.2 Å². The Bertz CT molecular complexity index is 898. The number of piperidine rings is 1. The maximum Gasteiger partial charge on any atom is 0.439 e. The third kappa shape index (κ3) is 5.15. The van der Waals surface area contributed by atoms with Crippen LogP contribution in [-0.4, -0.2) is 79.5 Å². The van der Waals surface area contributed by atoms with Crippen LogP contribution in [0.25, 0.3) is 0 Å². The lowest BCUT2D eigenvalue weighted by Crippen LogP contribution is -2.63. The highest BCUT2D eigenvalue weighted by Crippen LogP contribution is 2.51. The van der Waals surface area contributed by atoms with Crippen molar-refractivity contribution in [1.29, 1.82) is 0 Å². The average molecular weight is 507 g/mol. The average Bonchev–Trinajstić information content (AvgIpc) is 2.66. The maximum atomic E-state index is 14.0. The fraction of sp³-hybridized carbons (Fsp3) is 0.786. The second-order valence-electron chi connectivity index (χ2n) is 6.62. The molecule has 0 spiro atoms. The van der Waals surface area contributed by atoms with Crippen LogP contribution in [0.4, 0.5) is 26.3 Å². The minimum Gasteiger partial charge on any atom is -0.462 e. The second kappa shape index (κ2) is 9.21. The number of aliphatic hydroxyl groups is 1. The predicted molar refractivity (Wildman–Crippen MR) is 91.4 cm³/mol. The van der Waals surface area contributed by atoms with Crippen molar-refractivity contribution >= 4 is 26.1 Å². The van der Waals surface area contributed by atoms with Gasteiger partial charge in [-0.15, -0.1) is 0 Å². The molecule has 182 valence electrons. The minimum atomic E-state index is -7.08. The van der Waals surface area contributed by atoms with E-state index in [0.717, 1.165) is 0 Å². The van der Waals surface area contributed by atoms with Crippen LogP contribution in [0.3, 0.4) is 0 Å². The summed E-state index contributed by atoms with van der Waals surface area (Å²) in [7, 11) is -13.5. The predicted octanol–water partition coefficient (Wildman–Crippen LogP) is 1.22. The van der Waals surface area contributed by atoms with Crippen LogP contribution >= 0.6 is 0 Å². The number of hydrogen-bond donors (Lipinski definition) is 2. The van der Waals surface area contributed by atoms with Gasteiger partial charge < -0.3 is 9.84 Å². The number of alkyl halides is 6. The number of carbonyl (C=O) groups excluding carboxylic acids is 1. The van der Waals surface area contributed by atoms with Gasteiger partial charge in [-0.3, -0.25) is 4.55 Å². The molecular formula is C14H19F6NO8S2. The Morgan fingerprint density at radius 3 is 1.94 bits per heavy atom. The third-order valence-corrected chi connectivity index (χ3v) is 7.38. The van der Waals surface area contributed by atoms with E-state index >= 15 is 0 Å². The molecule has 1 aliphatic rings. The Morgan fingerprint density at radius 2 is 1.52 bits per heavy atom. The fourth-order valence-corrected chi connectivity index (χ4v) is 4.56. The van der Waals surface area contributed by atoms with Gasteiger partial charge in [0.05, 0.1) is 18.8 Å². The van der Waals surface area contributed by atoms with Gasteiger partial charge in [0, 0.05) is 13.1 Å². The topological polar surface area (TPSA) is 138 Å². The first-order valence-corrected chi connectivity index (χ1v) is 11.3. The number of aliphatic hydroxyl groups excluding tert-OH is 1. The SMILES string of the molecule is C=C(CO)C(=O)OCCC1CCN(S(=O)(=O)C(F)(F)C(F)(F)C(F)(F)S(=O)(=O)O)CC1. The number of ether oxygens (including phenoxy) is 1. The van der Waals surface area contributed by atoms with Crippen LogP contribution in [0, 0.1) is 5.92 Å². The fourth-order valence-electron chi connectivity index (χ4n) is 2.58.